The molecule has 2 aliphatic heterocycles. The van der Waals surface area contributed by atoms with Crippen LogP contribution in [0.1, 0.15) is 11.1 Å². The second-order valence-electron chi connectivity index (χ2n) is 7.37. The highest BCUT2D eigenvalue weighted by Crippen LogP contribution is 2.25. The van der Waals surface area contributed by atoms with Crippen LogP contribution in [0.4, 0.5) is 10.2 Å². The molecule has 1 fully saturated rings. The van der Waals surface area contributed by atoms with Gasteiger partial charge < -0.3 is 15.5 Å². The first-order chi connectivity index (χ1) is 14.5. The van der Waals surface area contributed by atoms with Crippen molar-refractivity contribution < 1.29 is 14.0 Å². The van der Waals surface area contributed by atoms with Crippen molar-refractivity contribution in [2.45, 2.75) is 24.9 Å². The number of amides is 2. The second-order valence-corrected chi connectivity index (χ2v) is 8.98. The number of carbonyl (C=O) groups excluding carboxylic acids is 2. The Morgan fingerprint density at radius 1 is 1.23 bits per heavy atom. The number of halogens is 2. The molecule has 2 atom stereocenters. The van der Waals surface area contributed by atoms with Crippen LogP contribution in [0.25, 0.3) is 0 Å². The van der Waals surface area contributed by atoms with E-state index < -0.39 is 12.1 Å². The Bertz CT molecular complexity index is 937. The zero-order valence-corrected chi connectivity index (χ0v) is 17.8. The van der Waals surface area contributed by atoms with E-state index in [1.165, 1.54) is 12.1 Å². The Hall–Kier alpha value is -2.32. The molecule has 1 saturated heterocycles. The summed E-state index contributed by atoms with van der Waals surface area (Å²) in [6, 6.07) is 8.31. The maximum Gasteiger partial charge on any atom is 0.245 e. The zero-order chi connectivity index (χ0) is 21.1. The molecule has 0 saturated carbocycles. The smallest absolute Gasteiger partial charge is 0.245 e. The first-order valence-electron chi connectivity index (χ1n) is 9.83. The van der Waals surface area contributed by atoms with E-state index in [-0.39, 0.29) is 17.6 Å². The van der Waals surface area contributed by atoms with Gasteiger partial charge in [-0.15, -0.1) is 0 Å². The van der Waals surface area contributed by atoms with Crippen LogP contribution in [-0.2, 0) is 22.4 Å². The Labute approximate surface area is 183 Å². The van der Waals surface area contributed by atoms with Crippen molar-refractivity contribution in [2.75, 3.05) is 29.9 Å². The highest BCUT2D eigenvalue weighted by Gasteiger charge is 2.33. The summed E-state index contributed by atoms with van der Waals surface area (Å²) in [6.07, 6.45) is 0.779. The van der Waals surface area contributed by atoms with Gasteiger partial charge in [0.2, 0.25) is 11.8 Å². The third-order valence-electron chi connectivity index (χ3n) is 5.29. The van der Waals surface area contributed by atoms with E-state index in [4.69, 9.17) is 11.6 Å². The molecule has 3 heterocycles. The van der Waals surface area contributed by atoms with Gasteiger partial charge in [-0.25, -0.2) is 9.37 Å². The summed E-state index contributed by atoms with van der Waals surface area (Å²) in [4.78, 5) is 32.1. The van der Waals surface area contributed by atoms with E-state index >= 15 is 0 Å². The number of anilines is 1. The zero-order valence-electron chi connectivity index (χ0n) is 16.2. The van der Waals surface area contributed by atoms with Gasteiger partial charge in [-0.1, -0.05) is 29.8 Å². The topological polar surface area (TPSA) is 74.3 Å². The first-order valence-corrected chi connectivity index (χ1v) is 11.4. The standard InChI is InChI=1S/C21H22ClFN4O2S/c22-18-6-3-14-12-16(24-19(14)26-18)20(28)25-17(11-13-1-4-15(23)5-2-13)21(29)27-7-9-30-10-8-27/h1-6,16-17H,7-12H2,(H,24,26)(H,25,28)/t16?,17-/m0/s1. The van der Waals surface area contributed by atoms with E-state index in [2.05, 4.69) is 15.6 Å². The Kier molecular flexibility index (Phi) is 6.43. The van der Waals surface area contributed by atoms with Crippen LogP contribution in [0.2, 0.25) is 5.15 Å². The number of nitrogens with zero attached hydrogens (tertiary/aromatic N) is 2. The summed E-state index contributed by atoms with van der Waals surface area (Å²) in [5, 5.41) is 6.36. The number of nitrogens with one attached hydrogen (secondary N) is 2. The average molecular weight is 449 g/mol. The van der Waals surface area contributed by atoms with Gasteiger partial charge >= 0.3 is 0 Å². The summed E-state index contributed by atoms with van der Waals surface area (Å²) in [6.45, 7) is 1.32. The molecule has 1 aromatic carbocycles. The van der Waals surface area contributed by atoms with Crippen molar-refractivity contribution in [3.63, 3.8) is 0 Å². The molecule has 0 spiro atoms. The van der Waals surface area contributed by atoms with E-state index in [0.29, 0.717) is 36.9 Å². The molecule has 0 radical (unpaired) electrons. The minimum absolute atomic E-state index is 0.107. The molecular weight excluding hydrogens is 427 g/mol. The van der Waals surface area contributed by atoms with Gasteiger partial charge in [0.15, 0.2) is 0 Å². The molecule has 2 amide bonds. The lowest BCUT2D eigenvalue weighted by atomic mass is 10.0. The van der Waals surface area contributed by atoms with Crippen LogP contribution in [0.15, 0.2) is 36.4 Å². The van der Waals surface area contributed by atoms with Gasteiger partial charge in [-0.2, -0.15) is 11.8 Å². The normalized spacial score (nSPS) is 19.0. The van der Waals surface area contributed by atoms with Gasteiger partial charge in [0, 0.05) is 37.4 Å². The lowest BCUT2D eigenvalue weighted by Crippen LogP contribution is -2.54. The second kappa shape index (κ2) is 9.22. The minimum atomic E-state index is -0.715. The van der Waals surface area contributed by atoms with Crippen molar-refractivity contribution in [2.24, 2.45) is 0 Å². The van der Waals surface area contributed by atoms with E-state index in [9.17, 15) is 14.0 Å². The maximum absolute atomic E-state index is 13.3. The van der Waals surface area contributed by atoms with Crippen molar-refractivity contribution >= 4 is 41.0 Å². The molecule has 6 nitrogen and oxygen atoms in total. The number of hydrogen-bond donors (Lipinski definition) is 2. The van der Waals surface area contributed by atoms with E-state index in [1.807, 2.05) is 17.8 Å². The molecule has 4 rings (SSSR count). The number of fused-ring (bicyclic) bond motifs is 1. The van der Waals surface area contributed by atoms with Crippen LogP contribution in [0.5, 0.6) is 0 Å². The molecule has 158 valence electrons. The Morgan fingerprint density at radius 2 is 1.97 bits per heavy atom. The highest BCUT2D eigenvalue weighted by molar-refractivity contribution is 7.99. The summed E-state index contributed by atoms with van der Waals surface area (Å²) >= 11 is 7.74. The summed E-state index contributed by atoms with van der Waals surface area (Å²) in [7, 11) is 0. The molecule has 9 heteroatoms. The lowest BCUT2D eigenvalue weighted by Gasteiger charge is -2.31. The van der Waals surface area contributed by atoms with Crippen molar-refractivity contribution in [3.8, 4) is 0 Å². The van der Waals surface area contributed by atoms with Crippen molar-refractivity contribution in [1.29, 1.82) is 0 Å². The predicted molar refractivity (Wildman–Crippen MR) is 116 cm³/mol. The lowest BCUT2D eigenvalue weighted by molar-refractivity contribution is -0.136. The van der Waals surface area contributed by atoms with Crippen molar-refractivity contribution in [1.82, 2.24) is 15.2 Å². The Balaban J connectivity index is 1.48. The third-order valence-corrected chi connectivity index (χ3v) is 6.44. The van der Waals surface area contributed by atoms with Crippen LogP contribution < -0.4 is 10.6 Å². The molecule has 2 aromatic rings. The number of aromatic nitrogens is 1. The minimum Gasteiger partial charge on any atom is -0.358 e. The van der Waals surface area contributed by atoms with Gasteiger partial charge in [-0.05, 0) is 29.3 Å². The highest BCUT2D eigenvalue weighted by atomic mass is 35.5. The number of hydrogen-bond acceptors (Lipinski definition) is 5. The first kappa shape index (κ1) is 20.9. The molecule has 30 heavy (non-hydrogen) atoms. The molecule has 0 bridgehead atoms. The number of pyridine rings is 1. The summed E-state index contributed by atoms with van der Waals surface area (Å²) in [5.74, 6) is 1.65. The van der Waals surface area contributed by atoms with Crippen LogP contribution in [0.3, 0.4) is 0 Å². The van der Waals surface area contributed by atoms with Gasteiger partial charge in [0.1, 0.15) is 28.9 Å². The monoisotopic (exact) mass is 448 g/mol. The Morgan fingerprint density at radius 3 is 2.70 bits per heavy atom. The molecule has 1 aromatic heterocycles. The average Bonchev–Trinajstić information content (AvgIpc) is 3.18. The SMILES string of the molecule is O=C(N[C@@H](Cc1ccc(F)cc1)C(=O)N1CCSCC1)C1Cc2ccc(Cl)nc2N1. The van der Waals surface area contributed by atoms with Crippen LogP contribution in [-0.4, -0.2) is 58.4 Å². The quantitative estimate of drug-likeness (QED) is 0.687. The fourth-order valence-corrected chi connectivity index (χ4v) is 4.73. The molecule has 2 aliphatic rings. The van der Waals surface area contributed by atoms with Crippen LogP contribution in [0, 0.1) is 5.82 Å². The van der Waals surface area contributed by atoms with Crippen LogP contribution >= 0.6 is 23.4 Å². The van der Waals surface area contributed by atoms with Gasteiger partial charge in [0.25, 0.3) is 0 Å². The fourth-order valence-electron chi connectivity index (χ4n) is 3.68. The summed E-state index contributed by atoms with van der Waals surface area (Å²) < 4.78 is 13.3. The molecule has 2 N–H and O–H groups in total. The molecule has 0 aliphatic carbocycles. The van der Waals surface area contributed by atoms with Crippen molar-refractivity contribution in [3.05, 3.63) is 58.5 Å². The number of rotatable bonds is 5. The number of carbonyl (C=O) groups is 2. The molecule has 1 unspecified atom stereocenters. The van der Waals surface area contributed by atoms with Gasteiger partial charge in [0.05, 0.1) is 0 Å². The summed E-state index contributed by atoms with van der Waals surface area (Å²) in [5.41, 5.74) is 1.70. The fraction of sp³-hybridized carbons (Fsp3) is 0.381. The maximum atomic E-state index is 13.3. The van der Waals surface area contributed by atoms with Gasteiger partial charge in [-0.3, -0.25) is 9.59 Å². The van der Waals surface area contributed by atoms with E-state index in [0.717, 1.165) is 22.6 Å². The third kappa shape index (κ3) is 4.87. The number of benzene rings is 1. The molecular formula is C21H22ClFN4O2S. The number of thioether (sulfide) groups is 1. The largest absolute Gasteiger partial charge is 0.358 e. The van der Waals surface area contributed by atoms with E-state index in [1.54, 1.807) is 23.1 Å². The predicted octanol–water partition coefficient (Wildman–Crippen LogP) is 2.51.